The molecule has 0 spiro atoms. The highest BCUT2D eigenvalue weighted by molar-refractivity contribution is 7.12. The Morgan fingerprint density at radius 3 is 2.59 bits per heavy atom. The van der Waals surface area contributed by atoms with E-state index in [1.807, 2.05) is 40.5 Å². The van der Waals surface area contributed by atoms with E-state index in [4.69, 9.17) is 21.1 Å². The SMILES string of the molecule is Cc1cc(CN2CCO[C@](COc3ccc(Cl)cc3)(CC(=O)N3CCCCC3)C2)c(C)s1. The van der Waals surface area contributed by atoms with Gasteiger partial charge in [0.25, 0.3) is 0 Å². The molecule has 0 N–H and O–H groups in total. The summed E-state index contributed by atoms with van der Waals surface area (Å²) >= 11 is 7.86. The van der Waals surface area contributed by atoms with Crippen molar-refractivity contribution in [2.75, 3.05) is 39.4 Å². The third kappa shape index (κ3) is 6.04. The van der Waals surface area contributed by atoms with Crippen molar-refractivity contribution in [1.82, 2.24) is 9.80 Å². The summed E-state index contributed by atoms with van der Waals surface area (Å²) in [5, 5.41) is 0.675. The lowest BCUT2D eigenvalue weighted by Crippen LogP contribution is -2.57. The monoisotopic (exact) mass is 476 g/mol. The van der Waals surface area contributed by atoms with Gasteiger partial charge in [-0.15, -0.1) is 11.3 Å². The number of halogens is 1. The highest BCUT2D eigenvalue weighted by Crippen LogP contribution is 2.29. The molecule has 2 saturated heterocycles. The van der Waals surface area contributed by atoms with Crippen LogP contribution in [0, 0.1) is 13.8 Å². The highest BCUT2D eigenvalue weighted by atomic mass is 35.5. The fourth-order valence-electron chi connectivity index (χ4n) is 4.66. The predicted octanol–water partition coefficient (Wildman–Crippen LogP) is 5.07. The Kier molecular flexibility index (Phi) is 7.77. The Morgan fingerprint density at radius 1 is 1.16 bits per heavy atom. The van der Waals surface area contributed by atoms with Gasteiger partial charge in [0.05, 0.1) is 13.0 Å². The summed E-state index contributed by atoms with van der Waals surface area (Å²) in [4.78, 5) is 20.3. The molecule has 3 heterocycles. The third-order valence-electron chi connectivity index (χ3n) is 6.36. The van der Waals surface area contributed by atoms with Crippen LogP contribution in [0.3, 0.4) is 0 Å². The van der Waals surface area contributed by atoms with Crippen molar-refractivity contribution in [3.8, 4) is 5.75 Å². The van der Waals surface area contributed by atoms with Crippen LogP contribution in [0.2, 0.25) is 5.02 Å². The van der Waals surface area contributed by atoms with Crippen molar-refractivity contribution in [2.45, 2.75) is 51.7 Å². The third-order valence-corrected chi connectivity index (χ3v) is 7.62. The molecule has 1 amide bonds. The molecule has 32 heavy (non-hydrogen) atoms. The van der Waals surface area contributed by atoms with Gasteiger partial charge in [0, 0.05) is 47.5 Å². The second kappa shape index (κ2) is 10.6. The average Bonchev–Trinajstić information content (AvgIpc) is 3.10. The van der Waals surface area contributed by atoms with Crippen molar-refractivity contribution in [1.29, 1.82) is 0 Å². The molecule has 1 atom stereocenters. The first-order valence-electron chi connectivity index (χ1n) is 11.5. The fourth-order valence-corrected chi connectivity index (χ4v) is 5.73. The smallest absolute Gasteiger partial charge is 0.225 e. The minimum absolute atomic E-state index is 0.175. The summed E-state index contributed by atoms with van der Waals surface area (Å²) < 4.78 is 12.5. The maximum Gasteiger partial charge on any atom is 0.225 e. The number of rotatable bonds is 7. The van der Waals surface area contributed by atoms with Crippen LogP contribution in [0.4, 0.5) is 0 Å². The second-order valence-corrected chi connectivity index (χ2v) is 10.9. The molecule has 2 aliphatic heterocycles. The second-order valence-electron chi connectivity index (χ2n) is 9.04. The van der Waals surface area contributed by atoms with Crippen molar-refractivity contribution in [3.63, 3.8) is 0 Å². The lowest BCUT2D eigenvalue weighted by Gasteiger charge is -2.43. The number of thiophene rings is 1. The summed E-state index contributed by atoms with van der Waals surface area (Å²) in [5.74, 6) is 0.915. The first-order valence-corrected chi connectivity index (χ1v) is 12.7. The van der Waals surface area contributed by atoms with Crippen molar-refractivity contribution < 1.29 is 14.3 Å². The molecule has 0 unspecified atom stereocenters. The normalized spacial score (nSPS) is 22.2. The number of amides is 1. The van der Waals surface area contributed by atoms with E-state index < -0.39 is 5.60 Å². The molecule has 1 aromatic carbocycles. The summed E-state index contributed by atoms with van der Waals surface area (Å²) in [6, 6.07) is 9.64. The molecule has 1 aromatic heterocycles. The molecular formula is C25H33ClN2O3S. The van der Waals surface area contributed by atoms with Gasteiger partial charge in [0.2, 0.25) is 5.91 Å². The van der Waals surface area contributed by atoms with Crippen molar-refractivity contribution in [2.24, 2.45) is 0 Å². The van der Waals surface area contributed by atoms with Gasteiger partial charge in [-0.2, -0.15) is 0 Å². The number of benzene rings is 1. The van der Waals surface area contributed by atoms with Gasteiger partial charge in [-0.1, -0.05) is 11.6 Å². The minimum atomic E-state index is -0.661. The van der Waals surface area contributed by atoms with Gasteiger partial charge in [0.15, 0.2) is 0 Å². The molecule has 0 aliphatic carbocycles. The molecular weight excluding hydrogens is 444 g/mol. The molecule has 7 heteroatoms. The van der Waals surface area contributed by atoms with Crippen LogP contribution in [0.25, 0.3) is 0 Å². The fraction of sp³-hybridized carbons (Fsp3) is 0.560. The van der Waals surface area contributed by atoms with E-state index in [0.29, 0.717) is 31.2 Å². The summed E-state index contributed by atoms with van der Waals surface area (Å²) in [5.41, 5.74) is 0.704. The summed E-state index contributed by atoms with van der Waals surface area (Å²) in [6.07, 6.45) is 3.73. The van der Waals surface area contributed by atoms with Gasteiger partial charge in [0.1, 0.15) is 18.0 Å². The van der Waals surface area contributed by atoms with E-state index in [0.717, 1.165) is 44.8 Å². The van der Waals surface area contributed by atoms with Crippen LogP contribution < -0.4 is 4.74 Å². The van der Waals surface area contributed by atoms with Crippen LogP contribution in [0.15, 0.2) is 30.3 Å². The Hall–Kier alpha value is -1.60. The van der Waals surface area contributed by atoms with Crippen LogP contribution >= 0.6 is 22.9 Å². The molecule has 2 aromatic rings. The number of carbonyl (C=O) groups excluding carboxylic acids is 1. The lowest BCUT2D eigenvalue weighted by atomic mass is 9.95. The Bertz CT molecular complexity index is 910. The standard InChI is InChI=1S/C25H33ClN2O3S/c1-19-14-21(20(2)32-19)16-27-12-13-31-25(17-27,15-24(29)28-10-4-3-5-11-28)18-30-23-8-6-22(26)7-9-23/h6-9,14H,3-5,10-13,15-18H2,1-2H3/t25-/m1/s1. The van der Waals surface area contributed by atoms with Gasteiger partial charge in [-0.25, -0.2) is 0 Å². The molecule has 0 saturated carbocycles. The average molecular weight is 477 g/mol. The lowest BCUT2D eigenvalue weighted by molar-refractivity contribution is -0.157. The van der Waals surface area contributed by atoms with Gasteiger partial charge >= 0.3 is 0 Å². The Labute approximate surface area is 200 Å². The van der Waals surface area contributed by atoms with E-state index in [1.54, 1.807) is 0 Å². The first kappa shape index (κ1) is 23.6. The zero-order valence-corrected chi connectivity index (χ0v) is 20.6. The largest absolute Gasteiger partial charge is 0.491 e. The topological polar surface area (TPSA) is 42.0 Å². The summed E-state index contributed by atoms with van der Waals surface area (Å²) in [7, 11) is 0. The number of carbonyl (C=O) groups is 1. The van der Waals surface area contributed by atoms with Gasteiger partial charge < -0.3 is 14.4 Å². The first-order chi connectivity index (χ1) is 15.4. The number of aryl methyl sites for hydroxylation is 2. The highest BCUT2D eigenvalue weighted by Gasteiger charge is 2.41. The molecule has 2 fully saturated rings. The molecule has 0 bridgehead atoms. The maximum absolute atomic E-state index is 13.2. The van der Waals surface area contributed by atoms with Crippen LogP contribution in [0.1, 0.15) is 41.0 Å². The molecule has 174 valence electrons. The van der Waals surface area contributed by atoms with E-state index in [-0.39, 0.29) is 5.91 Å². The molecule has 5 nitrogen and oxygen atoms in total. The van der Waals surface area contributed by atoms with Crippen molar-refractivity contribution in [3.05, 3.63) is 50.7 Å². The van der Waals surface area contributed by atoms with E-state index in [1.165, 1.54) is 21.7 Å². The maximum atomic E-state index is 13.2. The van der Waals surface area contributed by atoms with Crippen LogP contribution in [0.5, 0.6) is 5.75 Å². The molecule has 2 aliphatic rings. The Morgan fingerprint density at radius 2 is 1.91 bits per heavy atom. The van der Waals surface area contributed by atoms with E-state index in [2.05, 4.69) is 24.8 Å². The van der Waals surface area contributed by atoms with Gasteiger partial charge in [-0.05, 0) is 69.0 Å². The zero-order valence-electron chi connectivity index (χ0n) is 19.1. The molecule has 4 rings (SSSR count). The quantitative estimate of drug-likeness (QED) is 0.559. The zero-order chi connectivity index (χ0) is 22.6. The number of morpholine rings is 1. The molecule has 0 radical (unpaired) electrons. The van der Waals surface area contributed by atoms with E-state index in [9.17, 15) is 4.79 Å². The van der Waals surface area contributed by atoms with Crippen LogP contribution in [-0.4, -0.2) is 60.7 Å². The number of likely N-dealkylation sites (tertiary alicyclic amines) is 1. The Balaban J connectivity index is 1.49. The predicted molar refractivity (Wildman–Crippen MR) is 130 cm³/mol. The number of nitrogens with zero attached hydrogens (tertiary/aromatic N) is 2. The number of piperidine rings is 1. The number of hydrogen-bond donors (Lipinski definition) is 0. The number of ether oxygens (including phenoxy) is 2. The van der Waals surface area contributed by atoms with Crippen LogP contribution in [-0.2, 0) is 16.1 Å². The minimum Gasteiger partial charge on any atom is -0.491 e. The van der Waals surface area contributed by atoms with Gasteiger partial charge in [-0.3, -0.25) is 9.69 Å². The van der Waals surface area contributed by atoms with E-state index >= 15 is 0 Å². The van der Waals surface area contributed by atoms with Crippen molar-refractivity contribution >= 4 is 28.8 Å². The summed E-state index contributed by atoms with van der Waals surface area (Å²) in [6.45, 7) is 9.38. The number of hydrogen-bond acceptors (Lipinski definition) is 5.